The van der Waals surface area contributed by atoms with Crippen LogP contribution in [-0.2, 0) is 16.0 Å². The average Bonchev–Trinajstić information content (AvgIpc) is 3.34. The Hall–Kier alpha value is -8.14. The van der Waals surface area contributed by atoms with Gasteiger partial charge in [0.1, 0.15) is 17.5 Å². The molecule has 0 aliphatic carbocycles. The van der Waals surface area contributed by atoms with Crippen LogP contribution in [0.4, 0.5) is 0 Å². The fourth-order valence-electron chi connectivity index (χ4n) is 6.59. The van der Waals surface area contributed by atoms with Crippen LogP contribution in [-0.4, -0.2) is 95.5 Å². The predicted molar refractivity (Wildman–Crippen MR) is 267 cm³/mol. The van der Waals surface area contributed by atoms with Gasteiger partial charge in [-0.1, -0.05) is 150 Å². The summed E-state index contributed by atoms with van der Waals surface area (Å²) in [4.78, 5) is 57.2. The first kappa shape index (κ1) is 51.5. The highest BCUT2D eigenvalue weighted by Gasteiger charge is 2.30. The summed E-state index contributed by atoms with van der Waals surface area (Å²) < 4.78 is 0. The summed E-state index contributed by atoms with van der Waals surface area (Å²) in [5, 5.41) is 21.7. The van der Waals surface area contributed by atoms with Crippen molar-refractivity contribution in [1.29, 1.82) is 0 Å². The van der Waals surface area contributed by atoms with E-state index >= 15 is 0 Å². The molecular formula is C51H62N12O4. The van der Waals surface area contributed by atoms with Gasteiger partial charge < -0.3 is 43.4 Å². The van der Waals surface area contributed by atoms with Crippen molar-refractivity contribution < 1.29 is 19.2 Å². The molecule has 6 rings (SSSR count). The van der Waals surface area contributed by atoms with Gasteiger partial charge in [-0.3, -0.25) is 19.2 Å². The van der Waals surface area contributed by atoms with Crippen molar-refractivity contribution in [2.24, 2.45) is 49.3 Å². The Balaban J connectivity index is 0.00000155. The lowest BCUT2D eigenvalue weighted by atomic mass is 10.0. The van der Waals surface area contributed by atoms with Gasteiger partial charge in [0.2, 0.25) is 23.7 Å². The first-order valence-electron chi connectivity index (χ1n) is 22.1. The molecular weight excluding hydrogens is 845 g/mol. The molecule has 0 saturated carbocycles. The number of benzene rings is 5. The van der Waals surface area contributed by atoms with Crippen LogP contribution in [0.5, 0.6) is 0 Å². The zero-order valence-electron chi connectivity index (χ0n) is 38.8. The molecule has 0 unspecified atom stereocenters. The lowest BCUT2D eigenvalue weighted by Crippen LogP contribution is -2.57. The topological polar surface area (TPSA) is 252 Å². The van der Waals surface area contributed by atoms with Gasteiger partial charge in [-0.15, -0.1) is 20.4 Å². The third-order valence-electron chi connectivity index (χ3n) is 9.70. The van der Waals surface area contributed by atoms with E-state index in [1.54, 1.807) is 58.3 Å². The van der Waals surface area contributed by atoms with E-state index in [-0.39, 0.29) is 62.9 Å². The number of hydrogen-bond acceptors (Lipinski definition) is 8. The van der Waals surface area contributed by atoms with Gasteiger partial charge in [0.05, 0.1) is 6.54 Å². The number of hydrogen-bond donors (Lipinski definition) is 6. The summed E-state index contributed by atoms with van der Waals surface area (Å²) in [7, 11) is 0. The standard InChI is InChI=1S/C45H46N12O4.C4H10.C2H6/c46-44(47)54-52-39(31-12-6-2-7-13-31)33-16-20-35(21-17-33)41(59)50-29-38(58)56-24-26-57(27-25-56)43(61)37(28-30-10-4-1-5-11-30)51-42(60)36-22-18-34(19-23-36)40(53-55-45(48)49)32-14-8-3-9-15-32;1-4(2)3;1-2/h1-23,37H,24-29H2,(H,50,59)(H,51,60)(H4,46,47,54)(H4,48,49,55);4H,1-3H3;1-2H3/b52-39+,53-40+;;/t37-;;/m0../s1. The number of amides is 4. The number of guanidine groups is 2. The van der Waals surface area contributed by atoms with Crippen molar-refractivity contribution >= 4 is 47.0 Å². The maximum absolute atomic E-state index is 14.0. The second-order valence-electron chi connectivity index (χ2n) is 15.7. The Morgan fingerprint density at radius 2 is 0.866 bits per heavy atom. The highest BCUT2D eigenvalue weighted by atomic mass is 16.2. The summed E-state index contributed by atoms with van der Waals surface area (Å²) in [5.41, 5.74) is 27.5. The van der Waals surface area contributed by atoms with E-state index in [1.807, 2.05) is 105 Å². The molecule has 0 radical (unpaired) electrons. The molecule has 5 aromatic rings. The molecule has 1 atom stereocenters. The quantitative estimate of drug-likeness (QED) is 0.0508. The van der Waals surface area contributed by atoms with Crippen LogP contribution in [0, 0.1) is 5.92 Å². The van der Waals surface area contributed by atoms with Gasteiger partial charge in [0.15, 0.2) is 0 Å². The van der Waals surface area contributed by atoms with E-state index in [4.69, 9.17) is 22.9 Å². The number of nitrogens with zero attached hydrogens (tertiary/aromatic N) is 6. The average molecular weight is 907 g/mol. The molecule has 4 amide bonds. The fraction of sp³-hybridized carbons (Fsp3) is 0.255. The second kappa shape index (κ2) is 26.6. The minimum atomic E-state index is -0.882. The molecule has 0 spiro atoms. The van der Waals surface area contributed by atoms with E-state index in [1.165, 1.54) is 0 Å². The SMILES string of the molecule is CC.CC(C)C.NC(N)=N/N=C(\c1ccccc1)c1ccc(C(=O)NCC(=O)N2CCN(C(=O)[C@H](Cc3ccccc3)NC(=O)c3ccc(/C(=N/N=C(N)N)c4ccccc4)cc3)CC2)cc1. The Morgan fingerprint density at radius 1 is 0.507 bits per heavy atom. The molecule has 67 heavy (non-hydrogen) atoms. The molecule has 10 N–H and O–H groups in total. The van der Waals surface area contributed by atoms with Gasteiger partial charge in [-0.05, 0) is 35.7 Å². The monoisotopic (exact) mass is 907 g/mol. The summed E-state index contributed by atoms with van der Waals surface area (Å²) in [6, 6.07) is 40.7. The minimum absolute atomic E-state index is 0.190. The maximum Gasteiger partial charge on any atom is 0.251 e. The van der Waals surface area contributed by atoms with E-state index in [9.17, 15) is 19.2 Å². The van der Waals surface area contributed by atoms with Crippen molar-refractivity contribution in [1.82, 2.24) is 20.4 Å². The van der Waals surface area contributed by atoms with Crippen molar-refractivity contribution in [3.05, 3.63) is 178 Å². The van der Waals surface area contributed by atoms with Crippen LogP contribution in [0.1, 0.15) is 83.2 Å². The van der Waals surface area contributed by atoms with Gasteiger partial charge in [-0.25, -0.2) is 0 Å². The van der Waals surface area contributed by atoms with Crippen molar-refractivity contribution in [2.75, 3.05) is 32.7 Å². The minimum Gasteiger partial charge on any atom is -0.369 e. The normalized spacial score (nSPS) is 12.8. The number of nitrogens with one attached hydrogen (secondary N) is 2. The molecule has 1 aliphatic rings. The molecule has 16 heteroatoms. The first-order valence-corrected chi connectivity index (χ1v) is 22.1. The van der Waals surface area contributed by atoms with Crippen molar-refractivity contribution in [3.63, 3.8) is 0 Å². The van der Waals surface area contributed by atoms with Crippen LogP contribution in [0.2, 0.25) is 0 Å². The second-order valence-corrected chi connectivity index (χ2v) is 15.7. The Bertz CT molecular complexity index is 2470. The van der Waals surface area contributed by atoms with E-state index in [0.29, 0.717) is 33.7 Å². The summed E-state index contributed by atoms with van der Waals surface area (Å²) in [6.45, 7) is 11.3. The van der Waals surface area contributed by atoms with E-state index < -0.39 is 17.9 Å². The van der Waals surface area contributed by atoms with E-state index in [2.05, 4.69) is 51.8 Å². The summed E-state index contributed by atoms with van der Waals surface area (Å²) in [6.07, 6.45) is 0.260. The van der Waals surface area contributed by atoms with E-state index in [0.717, 1.165) is 22.6 Å². The molecule has 16 nitrogen and oxygen atoms in total. The molecule has 0 bridgehead atoms. The van der Waals surface area contributed by atoms with Gasteiger partial charge >= 0.3 is 0 Å². The lowest BCUT2D eigenvalue weighted by Gasteiger charge is -2.36. The zero-order valence-corrected chi connectivity index (χ0v) is 38.8. The number of nitrogens with two attached hydrogens (primary N) is 4. The largest absolute Gasteiger partial charge is 0.369 e. The molecule has 1 fully saturated rings. The van der Waals surface area contributed by atoms with Crippen LogP contribution in [0.3, 0.4) is 0 Å². The highest BCUT2D eigenvalue weighted by Crippen LogP contribution is 2.16. The number of rotatable bonds is 14. The van der Waals surface area contributed by atoms with Gasteiger partial charge in [-0.2, -0.15) is 0 Å². The summed E-state index contributed by atoms with van der Waals surface area (Å²) >= 11 is 0. The molecule has 1 aliphatic heterocycles. The highest BCUT2D eigenvalue weighted by molar-refractivity contribution is 6.14. The molecule has 1 heterocycles. The van der Waals surface area contributed by atoms with Gasteiger partial charge in [0, 0.05) is 66.0 Å². The number of carbonyl (C=O) groups excluding carboxylic acids is 4. The lowest BCUT2D eigenvalue weighted by molar-refractivity contribution is -0.140. The maximum atomic E-state index is 14.0. The Morgan fingerprint density at radius 3 is 1.28 bits per heavy atom. The number of piperazine rings is 1. The van der Waals surface area contributed by atoms with Crippen molar-refractivity contribution in [2.45, 2.75) is 47.1 Å². The Labute approximate surface area is 392 Å². The van der Waals surface area contributed by atoms with Crippen LogP contribution in [0.25, 0.3) is 0 Å². The molecule has 350 valence electrons. The smallest absolute Gasteiger partial charge is 0.251 e. The van der Waals surface area contributed by atoms with Crippen LogP contribution in [0.15, 0.2) is 160 Å². The Kier molecular flexibility index (Phi) is 20.4. The van der Waals surface area contributed by atoms with Crippen LogP contribution < -0.4 is 33.6 Å². The third-order valence-corrected chi connectivity index (χ3v) is 9.70. The van der Waals surface area contributed by atoms with Crippen LogP contribution >= 0.6 is 0 Å². The first-order chi connectivity index (χ1) is 32.3. The molecule has 0 aromatic heterocycles. The third kappa shape index (κ3) is 16.4. The fourth-order valence-corrected chi connectivity index (χ4v) is 6.59. The number of carbonyl (C=O) groups is 4. The zero-order chi connectivity index (χ0) is 48.7. The van der Waals surface area contributed by atoms with Crippen molar-refractivity contribution in [3.8, 4) is 0 Å². The van der Waals surface area contributed by atoms with Gasteiger partial charge in [0.25, 0.3) is 11.8 Å². The summed E-state index contributed by atoms with van der Waals surface area (Å²) in [5.74, 6) is -0.970. The molecule has 5 aromatic carbocycles. The predicted octanol–water partition coefficient (Wildman–Crippen LogP) is 4.87. The molecule has 1 saturated heterocycles.